The van der Waals surface area contributed by atoms with E-state index in [4.69, 9.17) is 5.11 Å². The smallest absolute Gasteiger partial charge is 0.335 e. The number of carbonyl (C=O) groups excluding carboxylic acids is 2. The normalized spacial score (nSPS) is 19.9. The van der Waals surface area contributed by atoms with Crippen LogP contribution in [0.25, 0.3) is 0 Å². The third kappa shape index (κ3) is 2.33. The van der Waals surface area contributed by atoms with E-state index < -0.39 is 12.0 Å². The third-order valence-electron chi connectivity index (χ3n) is 2.72. The number of aromatic carboxylic acids is 1. The molecule has 0 unspecified atom stereocenters. The Hall–Kier alpha value is -2.17. The molecule has 1 aromatic rings. The summed E-state index contributed by atoms with van der Waals surface area (Å²) in [5.41, 5.74) is 0.774. The predicted molar refractivity (Wildman–Crippen MR) is 58.5 cm³/mol. The maximum absolute atomic E-state index is 11.6. The van der Waals surface area contributed by atoms with Crippen LogP contribution in [-0.4, -0.2) is 22.8 Å². The van der Waals surface area contributed by atoms with E-state index in [9.17, 15) is 14.4 Å². The summed E-state index contributed by atoms with van der Waals surface area (Å²) in [5, 5.41) is 11.3. The maximum atomic E-state index is 11.6. The number of amides is 1. The number of piperidine rings is 1. The van der Waals surface area contributed by atoms with Crippen molar-refractivity contribution in [3.05, 3.63) is 35.4 Å². The zero-order valence-electron chi connectivity index (χ0n) is 8.97. The molecule has 5 nitrogen and oxygen atoms in total. The molecule has 1 aromatic carbocycles. The van der Waals surface area contributed by atoms with Gasteiger partial charge in [-0.1, -0.05) is 12.1 Å². The van der Waals surface area contributed by atoms with Gasteiger partial charge < -0.3 is 10.4 Å². The highest BCUT2D eigenvalue weighted by atomic mass is 16.4. The molecule has 1 atom stereocenters. The van der Waals surface area contributed by atoms with Crippen LogP contribution in [0.15, 0.2) is 24.3 Å². The minimum Gasteiger partial charge on any atom is -0.478 e. The molecular weight excluding hydrogens is 222 g/mol. The van der Waals surface area contributed by atoms with Gasteiger partial charge in [-0.05, 0) is 17.7 Å². The second-order valence-corrected chi connectivity index (χ2v) is 3.89. The summed E-state index contributed by atoms with van der Waals surface area (Å²) >= 11 is 0. The number of hydrogen-bond donors (Lipinski definition) is 2. The van der Waals surface area contributed by atoms with Crippen molar-refractivity contribution in [1.29, 1.82) is 0 Å². The van der Waals surface area contributed by atoms with E-state index in [1.165, 1.54) is 12.1 Å². The molecule has 2 rings (SSSR count). The van der Waals surface area contributed by atoms with Gasteiger partial charge in [-0.3, -0.25) is 9.59 Å². The largest absolute Gasteiger partial charge is 0.478 e. The van der Waals surface area contributed by atoms with Crippen LogP contribution in [0.2, 0.25) is 0 Å². The summed E-state index contributed by atoms with van der Waals surface area (Å²) in [7, 11) is 0. The fourth-order valence-electron chi connectivity index (χ4n) is 1.78. The number of rotatable bonds is 2. The number of carboxylic acids is 1. The first-order chi connectivity index (χ1) is 8.08. The monoisotopic (exact) mass is 233 g/mol. The van der Waals surface area contributed by atoms with Gasteiger partial charge in [-0.2, -0.15) is 0 Å². The van der Waals surface area contributed by atoms with Gasteiger partial charge in [-0.15, -0.1) is 0 Å². The lowest BCUT2D eigenvalue weighted by atomic mass is 9.95. The molecule has 1 aliphatic heterocycles. The molecule has 88 valence electrons. The van der Waals surface area contributed by atoms with Crippen LogP contribution in [0.5, 0.6) is 0 Å². The van der Waals surface area contributed by atoms with Gasteiger partial charge in [0.25, 0.3) is 0 Å². The van der Waals surface area contributed by atoms with Crippen molar-refractivity contribution in [2.45, 2.75) is 18.9 Å². The topological polar surface area (TPSA) is 83.5 Å². The van der Waals surface area contributed by atoms with E-state index in [2.05, 4.69) is 5.32 Å². The van der Waals surface area contributed by atoms with Gasteiger partial charge in [0.1, 0.15) is 6.04 Å². The summed E-state index contributed by atoms with van der Waals surface area (Å²) in [6, 6.07) is 5.31. The van der Waals surface area contributed by atoms with Crippen LogP contribution in [0.1, 0.15) is 34.8 Å². The van der Waals surface area contributed by atoms with Gasteiger partial charge >= 0.3 is 5.97 Å². The van der Waals surface area contributed by atoms with Crippen LogP contribution in [-0.2, 0) is 9.59 Å². The molecule has 0 aliphatic carbocycles. The van der Waals surface area contributed by atoms with Crippen molar-refractivity contribution in [2.24, 2.45) is 0 Å². The average molecular weight is 233 g/mol. The zero-order chi connectivity index (χ0) is 12.4. The lowest BCUT2D eigenvalue weighted by molar-refractivity contribution is -0.132. The van der Waals surface area contributed by atoms with Crippen LogP contribution in [0.3, 0.4) is 0 Å². The van der Waals surface area contributed by atoms with Crippen LogP contribution >= 0.6 is 0 Å². The Labute approximate surface area is 97.4 Å². The Balaban J connectivity index is 2.24. The predicted octanol–water partition coefficient (Wildman–Crippen LogP) is 0.905. The first kappa shape index (κ1) is 11.3. The summed E-state index contributed by atoms with van der Waals surface area (Å²) in [5.74, 6) is -1.22. The second kappa shape index (κ2) is 4.37. The number of Topliss-reactive ketones (excluding diaryl/α,β-unsaturated/α-hetero) is 1. The Bertz CT molecular complexity index is 478. The fourth-order valence-corrected chi connectivity index (χ4v) is 1.78. The highest BCUT2D eigenvalue weighted by Crippen LogP contribution is 2.20. The SMILES string of the molecule is O=C1CCC(=O)[C@@H](c2ccc(C(=O)O)cc2)N1. The Morgan fingerprint density at radius 3 is 2.41 bits per heavy atom. The van der Waals surface area contributed by atoms with Crippen molar-refractivity contribution >= 4 is 17.7 Å². The lowest BCUT2D eigenvalue weighted by Gasteiger charge is -2.22. The van der Waals surface area contributed by atoms with Gasteiger partial charge in [0.05, 0.1) is 5.56 Å². The summed E-state index contributed by atoms with van der Waals surface area (Å²) in [6.45, 7) is 0. The molecule has 1 aliphatic rings. The maximum Gasteiger partial charge on any atom is 0.335 e. The summed E-state index contributed by atoms with van der Waals surface area (Å²) < 4.78 is 0. The molecular formula is C12H11NO4. The molecule has 2 N–H and O–H groups in total. The Kier molecular flexibility index (Phi) is 2.91. The lowest BCUT2D eigenvalue weighted by Crippen LogP contribution is -2.38. The first-order valence-corrected chi connectivity index (χ1v) is 5.23. The standard InChI is InChI=1S/C12H11NO4/c14-9-5-6-10(15)13-11(9)7-1-3-8(4-2-7)12(16)17/h1-4,11H,5-6H2,(H,13,15)(H,16,17)/t11-/m1/s1. The summed E-state index contributed by atoms with van der Waals surface area (Å²) in [4.78, 5) is 33.5. The number of carboxylic acid groups (broad SMARTS) is 1. The number of nitrogens with one attached hydrogen (secondary N) is 1. The van der Waals surface area contributed by atoms with Crippen molar-refractivity contribution in [3.8, 4) is 0 Å². The first-order valence-electron chi connectivity index (χ1n) is 5.23. The van der Waals surface area contributed by atoms with E-state index in [0.29, 0.717) is 5.56 Å². The van der Waals surface area contributed by atoms with Gasteiger partial charge in [0.2, 0.25) is 5.91 Å². The number of hydrogen-bond acceptors (Lipinski definition) is 3. The number of carbonyl (C=O) groups is 3. The molecule has 1 heterocycles. The van der Waals surface area contributed by atoms with Crippen molar-refractivity contribution in [1.82, 2.24) is 5.32 Å². The van der Waals surface area contributed by atoms with Crippen molar-refractivity contribution in [2.75, 3.05) is 0 Å². The molecule has 1 saturated heterocycles. The third-order valence-corrected chi connectivity index (χ3v) is 2.72. The molecule has 0 aromatic heterocycles. The average Bonchev–Trinajstić information content (AvgIpc) is 2.32. The van der Waals surface area contributed by atoms with E-state index in [0.717, 1.165) is 0 Å². The molecule has 0 bridgehead atoms. The molecule has 1 amide bonds. The second-order valence-electron chi connectivity index (χ2n) is 3.89. The number of ketones is 1. The minimum atomic E-state index is -1.02. The van der Waals surface area contributed by atoms with Gasteiger partial charge in [0, 0.05) is 12.8 Å². The van der Waals surface area contributed by atoms with Crippen LogP contribution in [0.4, 0.5) is 0 Å². The molecule has 0 saturated carbocycles. The van der Waals surface area contributed by atoms with E-state index in [-0.39, 0.29) is 30.1 Å². The minimum absolute atomic E-state index is 0.0484. The highest BCUT2D eigenvalue weighted by molar-refractivity contribution is 5.96. The quantitative estimate of drug-likeness (QED) is 0.795. The van der Waals surface area contributed by atoms with Gasteiger partial charge in [-0.25, -0.2) is 4.79 Å². The molecule has 5 heteroatoms. The van der Waals surface area contributed by atoms with Gasteiger partial charge in [0.15, 0.2) is 5.78 Å². The Morgan fingerprint density at radius 2 is 1.82 bits per heavy atom. The van der Waals surface area contributed by atoms with Crippen molar-refractivity contribution < 1.29 is 19.5 Å². The van der Waals surface area contributed by atoms with Crippen LogP contribution < -0.4 is 5.32 Å². The van der Waals surface area contributed by atoms with Crippen molar-refractivity contribution in [3.63, 3.8) is 0 Å². The summed E-state index contributed by atoms with van der Waals surface area (Å²) in [6.07, 6.45) is 0.458. The molecule has 1 fully saturated rings. The Morgan fingerprint density at radius 1 is 1.18 bits per heavy atom. The fraction of sp³-hybridized carbons (Fsp3) is 0.250. The van der Waals surface area contributed by atoms with E-state index in [1.54, 1.807) is 12.1 Å². The highest BCUT2D eigenvalue weighted by Gasteiger charge is 2.27. The van der Waals surface area contributed by atoms with E-state index >= 15 is 0 Å². The zero-order valence-corrected chi connectivity index (χ0v) is 8.97. The number of benzene rings is 1. The molecule has 0 spiro atoms. The molecule has 0 radical (unpaired) electrons. The van der Waals surface area contributed by atoms with E-state index in [1.807, 2.05) is 0 Å². The molecule has 17 heavy (non-hydrogen) atoms. The van der Waals surface area contributed by atoms with Crippen LogP contribution in [0, 0.1) is 0 Å².